The smallest absolute Gasteiger partial charge is 0.229 e. The SMILES string of the molecule is CC(C)(CCc1ccccc1)Nc1nc(N)nc(Cl)n1. The highest BCUT2D eigenvalue weighted by Gasteiger charge is 2.19. The van der Waals surface area contributed by atoms with Crippen molar-refractivity contribution in [3.63, 3.8) is 0 Å². The molecule has 0 spiro atoms. The van der Waals surface area contributed by atoms with E-state index in [2.05, 4.69) is 46.2 Å². The molecule has 3 N–H and O–H groups in total. The average Bonchev–Trinajstić information content (AvgIpc) is 2.36. The van der Waals surface area contributed by atoms with Crippen LogP contribution in [0.3, 0.4) is 0 Å². The number of nitrogens with two attached hydrogens (primary N) is 1. The van der Waals surface area contributed by atoms with Crippen molar-refractivity contribution in [2.24, 2.45) is 0 Å². The van der Waals surface area contributed by atoms with Gasteiger partial charge in [-0.25, -0.2) is 0 Å². The molecule has 0 aliphatic carbocycles. The highest BCUT2D eigenvalue weighted by atomic mass is 35.5. The molecule has 0 fully saturated rings. The average molecular weight is 292 g/mol. The van der Waals surface area contributed by atoms with Gasteiger partial charge >= 0.3 is 0 Å². The molecule has 2 rings (SSSR count). The van der Waals surface area contributed by atoms with Gasteiger partial charge in [0.25, 0.3) is 0 Å². The van der Waals surface area contributed by atoms with Crippen molar-refractivity contribution >= 4 is 23.5 Å². The van der Waals surface area contributed by atoms with Gasteiger partial charge in [0.05, 0.1) is 0 Å². The minimum atomic E-state index is -0.174. The van der Waals surface area contributed by atoms with Crippen LogP contribution < -0.4 is 11.1 Å². The molecular formula is C14H18ClN5. The highest BCUT2D eigenvalue weighted by molar-refractivity contribution is 6.28. The summed E-state index contributed by atoms with van der Waals surface area (Å²) in [5.74, 6) is 0.520. The van der Waals surface area contributed by atoms with Gasteiger partial charge in [0.2, 0.25) is 17.2 Å². The third-order valence-corrected chi connectivity index (χ3v) is 3.13. The van der Waals surface area contributed by atoms with E-state index in [1.165, 1.54) is 5.56 Å². The molecule has 1 aromatic heterocycles. The maximum atomic E-state index is 5.77. The van der Waals surface area contributed by atoms with Crippen molar-refractivity contribution in [2.45, 2.75) is 32.2 Å². The molecule has 0 saturated carbocycles. The number of halogens is 1. The van der Waals surface area contributed by atoms with E-state index in [0.717, 1.165) is 12.8 Å². The number of nitrogens with one attached hydrogen (secondary N) is 1. The van der Waals surface area contributed by atoms with Gasteiger partial charge in [0.1, 0.15) is 0 Å². The van der Waals surface area contributed by atoms with E-state index < -0.39 is 0 Å². The maximum absolute atomic E-state index is 5.77. The minimum absolute atomic E-state index is 0.0962. The van der Waals surface area contributed by atoms with Gasteiger partial charge in [-0.2, -0.15) is 15.0 Å². The van der Waals surface area contributed by atoms with Crippen molar-refractivity contribution in [1.82, 2.24) is 15.0 Å². The number of aromatic nitrogens is 3. The normalized spacial score (nSPS) is 11.3. The summed E-state index contributed by atoms with van der Waals surface area (Å²) in [6, 6.07) is 10.3. The Hall–Kier alpha value is -1.88. The summed E-state index contributed by atoms with van der Waals surface area (Å²) in [4.78, 5) is 11.8. The van der Waals surface area contributed by atoms with Crippen molar-refractivity contribution < 1.29 is 0 Å². The lowest BCUT2D eigenvalue weighted by Crippen LogP contribution is -2.32. The molecule has 0 bridgehead atoms. The fourth-order valence-electron chi connectivity index (χ4n) is 1.89. The van der Waals surface area contributed by atoms with E-state index in [1.54, 1.807) is 0 Å². The molecular weight excluding hydrogens is 274 g/mol. The molecule has 0 aliphatic heterocycles. The number of hydrogen-bond donors (Lipinski definition) is 2. The second kappa shape index (κ2) is 6.05. The summed E-state index contributed by atoms with van der Waals surface area (Å²) in [5.41, 5.74) is 6.68. The monoisotopic (exact) mass is 291 g/mol. The Kier molecular flexibility index (Phi) is 4.39. The molecule has 106 valence electrons. The van der Waals surface area contributed by atoms with Gasteiger partial charge in [0, 0.05) is 5.54 Å². The quantitative estimate of drug-likeness (QED) is 0.886. The molecule has 0 amide bonds. The molecule has 1 heterocycles. The largest absolute Gasteiger partial charge is 0.368 e. The fraction of sp³-hybridized carbons (Fsp3) is 0.357. The maximum Gasteiger partial charge on any atom is 0.229 e. The van der Waals surface area contributed by atoms with Gasteiger partial charge < -0.3 is 11.1 Å². The third kappa shape index (κ3) is 4.35. The Morgan fingerprint density at radius 2 is 1.85 bits per heavy atom. The molecule has 6 heteroatoms. The van der Waals surface area contributed by atoms with Crippen LogP contribution in [0.2, 0.25) is 5.28 Å². The lowest BCUT2D eigenvalue weighted by Gasteiger charge is -2.26. The van der Waals surface area contributed by atoms with Crippen molar-refractivity contribution in [1.29, 1.82) is 0 Å². The van der Waals surface area contributed by atoms with Crippen LogP contribution in [-0.4, -0.2) is 20.5 Å². The Bertz CT molecular complexity index is 551. The first-order valence-electron chi connectivity index (χ1n) is 6.44. The Morgan fingerprint density at radius 1 is 1.15 bits per heavy atom. The molecule has 2 aromatic rings. The van der Waals surface area contributed by atoms with Crippen LogP contribution in [0.4, 0.5) is 11.9 Å². The van der Waals surface area contributed by atoms with E-state index in [0.29, 0.717) is 5.95 Å². The first-order chi connectivity index (χ1) is 9.44. The molecule has 0 unspecified atom stereocenters. The predicted molar refractivity (Wildman–Crippen MR) is 81.7 cm³/mol. The van der Waals surface area contributed by atoms with Crippen LogP contribution in [0.25, 0.3) is 0 Å². The first kappa shape index (κ1) is 14.5. The number of hydrogen-bond acceptors (Lipinski definition) is 5. The topological polar surface area (TPSA) is 76.7 Å². The summed E-state index contributed by atoms with van der Waals surface area (Å²) in [6.07, 6.45) is 1.90. The van der Waals surface area contributed by atoms with Crippen LogP contribution in [0, 0.1) is 0 Å². The number of aryl methyl sites for hydroxylation is 1. The van der Waals surface area contributed by atoms with E-state index in [1.807, 2.05) is 18.2 Å². The number of nitrogen functional groups attached to an aromatic ring is 1. The molecule has 1 aromatic carbocycles. The van der Waals surface area contributed by atoms with Gasteiger partial charge in [-0.15, -0.1) is 0 Å². The Labute approximate surface area is 123 Å². The molecule has 0 aliphatic rings. The van der Waals surface area contributed by atoms with Crippen molar-refractivity contribution in [2.75, 3.05) is 11.1 Å². The number of benzene rings is 1. The summed E-state index contributed by atoms with van der Waals surface area (Å²) in [6.45, 7) is 4.17. The van der Waals surface area contributed by atoms with Gasteiger partial charge in [-0.3, -0.25) is 0 Å². The van der Waals surface area contributed by atoms with Gasteiger partial charge in [0.15, 0.2) is 0 Å². The van der Waals surface area contributed by atoms with Gasteiger partial charge in [-0.1, -0.05) is 30.3 Å². The van der Waals surface area contributed by atoms with E-state index in [-0.39, 0.29) is 16.8 Å². The van der Waals surface area contributed by atoms with E-state index in [4.69, 9.17) is 17.3 Å². The van der Waals surface area contributed by atoms with Crippen LogP contribution in [0.5, 0.6) is 0 Å². The fourth-order valence-corrected chi connectivity index (χ4v) is 2.05. The number of nitrogens with zero attached hydrogens (tertiary/aromatic N) is 3. The zero-order valence-corrected chi connectivity index (χ0v) is 12.4. The number of rotatable bonds is 5. The van der Waals surface area contributed by atoms with Crippen LogP contribution in [-0.2, 0) is 6.42 Å². The number of anilines is 2. The van der Waals surface area contributed by atoms with Gasteiger partial charge in [-0.05, 0) is 43.9 Å². The standard InChI is InChI=1S/C14H18ClN5/c1-14(2,9-8-10-6-4-3-5-7-10)20-13-18-11(15)17-12(16)19-13/h3-7H,8-9H2,1-2H3,(H3,16,17,18,19,20). The van der Waals surface area contributed by atoms with Crippen LogP contribution >= 0.6 is 11.6 Å². The minimum Gasteiger partial charge on any atom is -0.368 e. The van der Waals surface area contributed by atoms with Crippen LogP contribution in [0.1, 0.15) is 25.8 Å². The summed E-state index contributed by atoms with van der Waals surface area (Å²) in [7, 11) is 0. The molecule has 5 nitrogen and oxygen atoms in total. The van der Waals surface area contributed by atoms with E-state index in [9.17, 15) is 0 Å². The highest BCUT2D eigenvalue weighted by Crippen LogP contribution is 2.19. The van der Waals surface area contributed by atoms with Crippen molar-refractivity contribution in [3.05, 3.63) is 41.2 Å². The predicted octanol–water partition coefficient (Wildman–Crippen LogP) is 2.93. The van der Waals surface area contributed by atoms with Crippen LogP contribution in [0.15, 0.2) is 30.3 Å². The summed E-state index contributed by atoms with van der Waals surface area (Å²) < 4.78 is 0. The molecule has 20 heavy (non-hydrogen) atoms. The molecule has 0 radical (unpaired) electrons. The van der Waals surface area contributed by atoms with Crippen molar-refractivity contribution in [3.8, 4) is 0 Å². The lowest BCUT2D eigenvalue weighted by atomic mass is 9.95. The molecule has 0 saturated heterocycles. The Morgan fingerprint density at radius 3 is 2.50 bits per heavy atom. The molecule has 0 atom stereocenters. The zero-order valence-electron chi connectivity index (χ0n) is 11.6. The summed E-state index contributed by atoms with van der Waals surface area (Å²) >= 11 is 5.77. The lowest BCUT2D eigenvalue weighted by molar-refractivity contribution is 0.514. The summed E-state index contributed by atoms with van der Waals surface area (Å²) in [5, 5.41) is 3.34. The second-order valence-electron chi connectivity index (χ2n) is 5.28. The Balaban J connectivity index is 1.99. The first-order valence-corrected chi connectivity index (χ1v) is 6.82. The zero-order chi connectivity index (χ0) is 14.6. The third-order valence-electron chi connectivity index (χ3n) is 2.96. The van der Waals surface area contributed by atoms with E-state index >= 15 is 0 Å². The second-order valence-corrected chi connectivity index (χ2v) is 5.62.